The van der Waals surface area contributed by atoms with E-state index in [2.05, 4.69) is 24.3 Å². The van der Waals surface area contributed by atoms with Crippen molar-refractivity contribution in [2.75, 3.05) is 39.6 Å². The molecular formula is C24H38O6Si2. The molecular weight excluding hydrogens is 440 g/mol. The number of hydrogen-bond donors (Lipinski definition) is 0. The van der Waals surface area contributed by atoms with E-state index in [4.69, 9.17) is 26.6 Å². The molecule has 0 fully saturated rings. The van der Waals surface area contributed by atoms with Crippen LogP contribution in [0.4, 0.5) is 0 Å². The largest absolute Gasteiger partial charge is 0.537 e. The van der Waals surface area contributed by atoms with Crippen molar-refractivity contribution in [2.24, 2.45) is 0 Å². The summed E-state index contributed by atoms with van der Waals surface area (Å²) < 4.78 is 37.4. The summed E-state index contributed by atoms with van der Waals surface area (Å²) in [7, 11) is -6.34. The van der Waals surface area contributed by atoms with Gasteiger partial charge in [0, 0.05) is 50.0 Å². The second-order valence-corrected chi connectivity index (χ2v) is 11.9. The van der Waals surface area contributed by atoms with Crippen LogP contribution in [0.1, 0.15) is 41.5 Å². The molecule has 2 aromatic carbocycles. The molecule has 0 radical (unpaired) electrons. The van der Waals surface area contributed by atoms with Crippen LogP contribution in [0, 0.1) is 0 Å². The highest BCUT2D eigenvalue weighted by Crippen LogP contribution is 2.23. The van der Waals surface area contributed by atoms with Gasteiger partial charge in [-0.3, -0.25) is 0 Å². The third-order valence-corrected chi connectivity index (χ3v) is 10.9. The summed E-state index contributed by atoms with van der Waals surface area (Å²) in [5, 5.41) is 1.79. The topological polar surface area (TPSA) is 55.4 Å². The summed E-state index contributed by atoms with van der Waals surface area (Å²) in [4.78, 5) is 0. The Kier molecular flexibility index (Phi) is 11.2. The van der Waals surface area contributed by atoms with Crippen LogP contribution in [0.15, 0.2) is 48.5 Å². The van der Waals surface area contributed by atoms with Gasteiger partial charge in [0.25, 0.3) is 0 Å². The molecule has 6 nitrogen and oxygen atoms in total. The maximum atomic E-state index is 6.29. The standard InChI is InChI=1S/C24H38O6Si2/c1-7-25-31(26-8-2,27-9-3)22-18-19-23(21-16-14-13-15-17-21)24(20-22)32(28-10-4,29-11-5)30-12-6/h13-20H,7-12H2,1-6H3. The lowest BCUT2D eigenvalue weighted by Crippen LogP contribution is -2.62. The summed E-state index contributed by atoms with van der Waals surface area (Å²) in [6, 6.07) is 16.4. The van der Waals surface area contributed by atoms with Gasteiger partial charge in [-0.05, 0) is 58.7 Å². The van der Waals surface area contributed by atoms with E-state index in [1.54, 1.807) is 0 Å². The monoisotopic (exact) mass is 478 g/mol. The fourth-order valence-corrected chi connectivity index (χ4v) is 9.12. The van der Waals surface area contributed by atoms with Crippen LogP contribution < -0.4 is 10.4 Å². The normalized spacial score (nSPS) is 12.3. The molecule has 0 N–H and O–H groups in total. The van der Waals surface area contributed by atoms with Crippen molar-refractivity contribution >= 4 is 28.0 Å². The molecule has 0 amide bonds. The summed E-state index contributed by atoms with van der Waals surface area (Å²) in [5.74, 6) is 0. The fourth-order valence-electron chi connectivity index (χ4n) is 3.73. The molecule has 0 spiro atoms. The smallest absolute Gasteiger partial charge is 0.370 e. The van der Waals surface area contributed by atoms with E-state index < -0.39 is 17.6 Å². The first kappa shape index (κ1) is 26.9. The molecule has 2 rings (SSSR count). The minimum Gasteiger partial charge on any atom is -0.370 e. The molecule has 0 aliphatic carbocycles. The van der Waals surface area contributed by atoms with Crippen molar-refractivity contribution in [1.82, 2.24) is 0 Å². The third kappa shape index (κ3) is 6.15. The Labute approximate surface area is 195 Å². The van der Waals surface area contributed by atoms with Crippen molar-refractivity contribution in [1.29, 1.82) is 0 Å². The van der Waals surface area contributed by atoms with E-state index in [-0.39, 0.29) is 0 Å². The minimum absolute atomic E-state index is 0.482. The summed E-state index contributed by atoms with van der Waals surface area (Å²) in [5.41, 5.74) is 2.09. The zero-order chi connectivity index (χ0) is 23.5. The van der Waals surface area contributed by atoms with Crippen LogP contribution in [0.25, 0.3) is 11.1 Å². The lowest BCUT2D eigenvalue weighted by atomic mass is 10.1. The number of benzene rings is 2. The van der Waals surface area contributed by atoms with E-state index in [0.717, 1.165) is 21.5 Å². The predicted molar refractivity (Wildman–Crippen MR) is 132 cm³/mol. The average Bonchev–Trinajstić information content (AvgIpc) is 2.80. The van der Waals surface area contributed by atoms with Gasteiger partial charge in [0.15, 0.2) is 0 Å². The number of hydrogen-bond acceptors (Lipinski definition) is 6. The van der Waals surface area contributed by atoms with Gasteiger partial charge in [-0.15, -0.1) is 0 Å². The lowest BCUT2D eigenvalue weighted by molar-refractivity contribution is 0.0854. The highest BCUT2D eigenvalue weighted by molar-refractivity contribution is 6.79. The highest BCUT2D eigenvalue weighted by atomic mass is 28.4. The minimum atomic E-state index is -3.22. The van der Waals surface area contributed by atoms with Crippen molar-refractivity contribution in [3.63, 3.8) is 0 Å². The van der Waals surface area contributed by atoms with Gasteiger partial charge in [-0.2, -0.15) is 0 Å². The van der Waals surface area contributed by atoms with E-state index in [9.17, 15) is 0 Å². The van der Waals surface area contributed by atoms with Gasteiger partial charge in [-0.1, -0.05) is 42.5 Å². The Morgan fingerprint density at radius 2 is 0.969 bits per heavy atom. The molecule has 8 heteroatoms. The number of rotatable bonds is 15. The van der Waals surface area contributed by atoms with Crippen molar-refractivity contribution in [2.45, 2.75) is 41.5 Å². The van der Waals surface area contributed by atoms with Gasteiger partial charge in [0.1, 0.15) is 0 Å². The molecule has 32 heavy (non-hydrogen) atoms. The summed E-state index contributed by atoms with van der Waals surface area (Å²) >= 11 is 0. The first-order valence-corrected chi connectivity index (χ1v) is 15.0. The molecule has 0 aromatic heterocycles. The second kappa shape index (κ2) is 13.4. The van der Waals surface area contributed by atoms with Crippen molar-refractivity contribution in [3.05, 3.63) is 48.5 Å². The van der Waals surface area contributed by atoms with Crippen LogP contribution >= 0.6 is 0 Å². The highest BCUT2D eigenvalue weighted by Gasteiger charge is 2.49. The van der Waals surface area contributed by atoms with E-state index in [1.165, 1.54) is 0 Å². The van der Waals surface area contributed by atoms with Crippen LogP contribution in [-0.2, 0) is 26.6 Å². The van der Waals surface area contributed by atoms with Crippen LogP contribution in [-0.4, -0.2) is 57.3 Å². The fraction of sp³-hybridized carbons (Fsp3) is 0.500. The molecule has 0 heterocycles. The van der Waals surface area contributed by atoms with E-state index in [1.807, 2.05) is 65.8 Å². The molecule has 0 unspecified atom stereocenters. The second-order valence-electron chi connectivity index (χ2n) is 6.84. The summed E-state index contributed by atoms with van der Waals surface area (Å²) in [6.07, 6.45) is 0. The molecule has 2 aromatic rings. The molecule has 0 bridgehead atoms. The van der Waals surface area contributed by atoms with Gasteiger partial charge in [0.2, 0.25) is 0 Å². The average molecular weight is 479 g/mol. The Hall–Kier alpha value is -1.37. The Morgan fingerprint density at radius 3 is 1.41 bits per heavy atom. The van der Waals surface area contributed by atoms with Crippen LogP contribution in [0.2, 0.25) is 0 Å². The molecule has 0 saturated carbocycles. The Morgan fingerprint density at radius 1 is 0.531 bits per heavy atom. The van der Waals surface area contributed by atoms with Gasteiger partial charge in [-0.25, -0.2) is 0 Å². The first-order valence-electron chi connectivity index (χ1n) is 11.6. The van der Waals surface area contributed by atoms with E-state index >= 15 is 0 Å². The summed E-state index contributed by atoms with van der Waals surface area (Å²) in [6.45, 7) is 14.7. The predicted octanol–water partition coefficient (Wildman–Crippen LogP) is 3.86. The molecule has 0 aliphatic heterocycles. The van der Waals surface area contributed by atoms with Gasteiger partial charge in [0.05, 0.1) is 0 Å². The SMILES string of the molecule is CCO[Si](OCC)(OCC)c1ccc(-c2ccccc2)c([Si](OCC)(OCC)OCC)c1. The third-order valence-electron chi connectivity index (χ3n) is 4.79. The van der Waals surface area contributed by atoms with Crippen molar-refractivity contribution in [3.8, 4) is 11.1 Å². The quantitative estimate of drug-likeness (QED) is 0.362. The zero-order valence-corrected chi connectivity index (χ0v) is 22.3. The lowest BCUT2D eigenvalue weighted by Gasteiger charge is -2.33. The first-order chi connectivity index (χ1) is 15.6. The molecule has 0 saturated heterocycles. The zero-order valence-electron chi connectivity index (χ0n) is 20.3. The van der Waals surface area contributed by atoms with Gasteiger partial charge < -0.3 is 26.6 Å². The van der Waals surface area contributed by atoms with Crippen LogP contribution in [0.5, 0.6) is 0 Å². The molecule has 178 valence electrons. The van der Waals surface area contributed by atoms with Gasteiger partial charge >= 0.3 is 17.6 Å². The maximum absolute atomic E-state index is 6.29. The maximum Gasteiger partial charge on any atom is 0.537 e. The molecule has 0 atom stereocenters. The van der Waals surface area contributed by atoms with Crippen molar-refractivity contribution < 1.29 is 26.6 Å². The Balaban J connectivity index is 2.81. The van der Waals surface area contributed by atoms with Crippen LogP contribution in [0.3, 0.4) is 0 Å². The Bertz CT molecular complexity index is 768. The van der Waals surface area contributed by atoms with E-state index in [0.29, 0.717) is 39.6 Å². The molecule has 0 aliphatic rings.